The first-order valence-corrected chi connectivity index (χ1v) is 9.14. The number of amides is 4. The molecule has 0 radical (unpaired) electrons. The predicted octanol–water partition coefficient (Wildman–Crippen LogP) is 3.46. The number of benzene rings is 2. The van der Waals surface area contributed by atoms with Crippen molar-refractivity contribution in [2.45, 2.75) is 26.9 Å². The molecule has 0 saturated carbocycles. The zero-order valence-corrected chi connectivity index (χ0v) is 16.7. The van der Waals surface area contributed by atoms with Crippen molar-refractivity contribution in [2.24, 2.45) is 0 Å². The Morgan fingerprint density at radius 3 is 2.41 bits per heavy atom. The lowest BCUT2D eigenvalue weighted by atomic mass is 10.0. The van der Waals surface area contributed by atoms with Crippen molar-refractivity contribution in [1.82, 2.24) is 5.32 Å². The maximum Gasteiger partial charge on any atom is 0.335 e. The van der Waals surface area contributed by atoms with Gasteiger partial charge in [0.05, 0.1) is 18.9 Å². The van der Waals surface area contributed by atoms with E-state index in [1.807, 2.05) is 13.8 Å². The summed E-state index contributed by atoms with van der Waals surface area (Å²) in [5, 5.41) is 2.23. The van der Waals surface area contributed by atoms with Crippen LogP contribution in [0.5, 0.6) is 11.5 Å². The molecule has 1 saturated heterocycles. The summed E-state index contributed by atoms with van der Waals surface area (Å²) < 4.78 is 11.2. The van der Waals surface area contributed by atoms with Crippen molar-refractivity contribution in [3.05, 3.63) is 59.2 Å². The second-order valence-corrected chi connectivity index (χ2v) is 6.79. The number of imide groups is 2. The van der Waals surface area contributed by atoms with E-state index in [4.69, 9.17) is 9.47 Å². The molecule has 1 aliphatic heterocycles. The molecule has 7 nitrogen and oxygen atoms in total. The topological polar surface area (TPSA) is 84.9 Å². The smallest absolute Gasteiger partial charge is 0.335 e. The number of nitrogens with one attached hydrogen (secondary N) is 1. The SMILES string of the molecule is COc1cccc(/C=C2\C(=O)NC(=O)N(c3ccccc3C)C2=O)c1OC(C)C. The van der Waals surface area contributed by atoms with Gasteiger partial charge in [-0.25, -0.2) is 9.69 Å². The van der Waals surface area contributed by atoms with Crippen molar-refractivity contribution < 1.29 is 23.9 Å². The van der Waals surface area contributed by atoms with Crippen LogP contribution < -0.4 is 19.7 Å². The fraction of sp³-hybridized carbons (Fsp3) is 0.227. The van der Waals surface area contributed by atoms with Gasteiger partial charge in [-0.2, -0.15) is 0 Å². The molecule has 7 heteroatoms. The highest BCUT2D eigenvalue weighted by molar-refractivity contribution is 6.39. The van der Waals surface area contributed by atoms with Crippen molar-refractivity contribution in [3.63, 3.8) is 0 Å². The van der Waals surface area contributed by atoms with Crippen molar-refractivity contribution in [1.29, 1.82) is 0 Å². The molecule has 0 unspecified atom stereocenters. The molecule has 1 aliphatic rings. The number of methoxy groups -OCH3 is 1. The molecule has 3 rings (SSSR count). The zero-order valence-electron chi connectivity index (χ0n) is 16.7. The number of carbonyl (C=O) groups excluding carboxylic acids is 3. The van der Waals surface area contributed by atoms with Crippen LogP contribution in [0.2, 0.25) is 0 Å². The molecule has 0 aromatic heterocycles. The highest BCUT2D eigenvalue weighted by Gasteiger charge is 2.37. The van der Waals surface area contributed by atoms with E-state index in [2.05, 4.69) is 5.32 Å². The molecule has 0 aliphatic carbocycles. The second kappa shape index (κ2) is 8.18. The van der Waals surface area contributed by atoms with Gasteiger partial charge in [0.1, 0.15) is 5.57 Å². The standard InChI is InChI=1S/C22H22N2O5/c1-13(2)29-19-15(9-7-11-18(19)28-4)12-16-20(25)23-22(27)24(21(16)26)17-10-6-5-8-14(17)3/h5-13H,1-4H3,(H,23,25,27)/b16-12+. The average Bonchev–Trinajstić information content (AvgIpc) is 2.67. The Balaban J connectivity index is 2.09. The number of barbiturate groups is 1. The lowest BCUT2D eigenvalue weighted by Gasteiger charge is -2.27. The molecule has 2 aromatic carbocycles. The lowest BCUT2D eigenvalue weighted by Crippen LogP contribution is -2.54. The Hall–Kier alpha value is -3.61. The Bertz CT molecular complexity index is 1010. The monoisotopic (exact) mass is 394 g/mol. The fourth-order valence-electron chi connectivity index (χ4n) is 3.02. The van der Waals surface area contributed by atoms with Gasteiger partial charge in [0.15, 0.2) is 11.5 Å². The normalized spacial score (nSPS) is 15.7. The average molecular weight is 394 g/mol. The van der Waals surface area contributed by atoms with E-state index in [9.17, 15) is 14.4 Å². The van der Waals surface area contributed by atoms with Crippen molar-refractivity contribution >= 4 is 29.6 Å². The van der Waals surface area contributed by atoms with Crippen LogP contribution in [-0.4, -0.2) is 31.1 Å². The first-order chi connectivity index (χ1) is 13.8. The van der Waals surface area contributed by atoms with Crippen LogP contribution in [0.15, 0.2) is 48.0 Å². The van der Waals surface area contributed by atoms with Gasteiger partial charge in [-0.3, -0.25) is 14.9 Å². The van der Waals surface area contributed by atoms with Crippen molar-refractivity contribution in [3.8, 4) is 11.5 Å². The van der Waals surface area contributed by atoms with Gasteiger partial charge in [-0.1, -0.05) is 30.3 Å². The summed E-state index contributed by atoms with van der Waals surface area (Å²) in [6, 6.07) is 11.3. The van der Waals surface area contributed by atoms with Crippen LogP contribution in [0.3, 0.4) is 0 Å². The number of rotatable bonds is 5. The van der Waals surface area contributed by atoms with Gasteiger partial charge < -0.3 is 9.47 Å². The van der Waals surface area contributed by atoms with E-state index in [0.29, 0.717) is 22.7 Å². The third-order valence-corrected chi connectivity index (χ3v) is 4.34. The first-order valence-electron chi connectivity index (χ1n) is 9.14. The number of carbonyl (C=O) groups is 3. The van der Waals surface area contributed by atoms with Crippen LogP contribution in [0, 0.1) is 6.92 Å². The van der Waals surface area contributed by atoms with Crippen LogP contribution >= 0.6 is 0 Å². The number of nitrogens with zero attached hydrogens (tertiary/aromatic N) is 1. The molecular formula is C22H22N2O5. The summed E-state index contributed by atoms with van der Waals surface area (Å²) in [6.07, 6.45) is 1.26. The Morgan fingerprint density at radius 2 is 1.76 bits per heavy atom. The molecule has 1 fully saturated rings. The van der Waals surface area contributed by atoms with E-state index < -0.39 is 17.8 Å². The summed E-state index contributed by atoms with van der Waals surface area (Å²) in [7, 11) is 1.51. The highest BCUT2D eigenvalue weighted by atomic mass is 16.5. The van der Waals surface area contributed by atoms with Gasteiger partial charge in [0.25, 0.3) is 11.8 Å². The quantitative estimate of drug-likeness (QED) is 0.620. The number of hydrogen-bond acceptors (Lipinski definition) is 5. The summed E-state index contributed by atoms with van der Waals surface area (Å²) in [5.74, 6) is -0.574. The third-order valence-electron chi connectivity index (χ3n) is 4.34. The third kappa shape index (κ3) is 3.99. The van der Waals surface area contributed by atoms with E-state index >= 15 is 0 Å². The number of hydrogen-bond donors (Lipinski definition) is 1. The summed E-state index contributed by atoms with van der Waals surface area (Å²) in [6.45, 7) is 5.51. The molecule has 1 heterocycles. The van der Waals surface area contributed by atoms with Crippen molar-refractivity contribution in [2.75, 3.05) is 12.0 Å². The summed E-state index contributed by atoms with van der Waals surface area (Å²) in [5.41, 5.74) is 1.47. The molecule has 4 amide bonds. The zero-order chi connectivity index (χ0) is 21.1. The number of urea groups is 1. The number of anilines is 1. The first kappa shape index (κ1) is 20.1. The molecule has 29 heavy (non-hydrogen) atoms. The van der Waals surface area contributed by atoms with E-state index in [-0.39, 0.29) is 11.7 Å². The number of aryl methyl sites for hydroxylation is 1. The molecule has 1 N–H and O–H groups in total. The van der Waals surface area contributed by atoms with Gasteiger partial charge in [-0.05, 0) is 44.5 Å². The number of para-hydroxylation sites is 2. The van der Waals surface area contributed by atoms with E-state index in [1.54, 1.807) is 49.4 Å². The maximum atomic E-state index is 13.1. The number of ether oxygens (including phenoxy) is 2. The maximum absolute atomic E-state index is 13.1. The van der Waals surface area contributed by atoms with Crippen LogP contribution in [0.25, 0.3) is 6.08 Å². The minimum Gasteiger partial charge on any atom is -0.493 e. The van der Waals surface area contributed by atoms with Gasteiger partial charge in [-0.15, -0.1) is 0 Å². The minimum absolute atomic E-state index is 0.149. The van der Waals surface area contributed by atoms with Gasteiger partial charge >= 0.3 is 6.03 Å². The molecule has 0 atom stereocenters. The Labute approximate surface area is 168 Å². The van der Waals surface area contributed by atoms with E-state index in [1.165, 1.54) is 13.2 Å². The molecule has 2 aromatic rings. The Morgan fingerprint density at radius 1 is 1.03 bits per heavy atom. The predicted molar refractivity (Wildman–Crippen MR) is 109 cm³/mol. The minimum atomic E-state index is -0.782. The van der Waals surface area contributed by atoms with Crippen LogP contribution in [0.1, 0.15) is 25.0 Å². The largest absolute Gasteiger partial charge is 0.493 e. The van der Waals surface area contributed by atoms with Crippen LogP contribution in [-0.2, 0) is 9.59 Å². The molecule has 0 spiro atoms. The summed E-state index contributed by atoms with van der Waals surface area (Å²) in [4.78, 5) is 38.9. The second-order valence-electron chi connectivity index (χ2n) is 6.79. The Kier molecular flexibility index (Phi) is 5.68. The molecular weight excluding hydrogens is 372 g/mol. The fourth-order valence-corrected chi connectivity index (χ4v) is 3.02. The van der Waals surface area contributed by atoms with Gasteiger partial charge in [0.2, 0.25) is 0 Å². The summed E-state index contributed by atoms with van der Waals surface area (Å²) >= 11 is 0. The van der Waals surface area contributed by atoms with Crippen LogP contribution in [0.4, 0.5) is 10.5 Å². The molecule has 0 bridgehead atoms. The lowest BCUT2D eigenvalue weighted by molar-refractivity contribution is -0.122. The molecule has 150 valence electrons. The van der Waals surface area contributed by atoms with Gasteiger partial charge in [0, 0.05) is 5.56 Å². The van der Waals surface area contributed by atoms with E-state index in [0.717, 1.165) is 10.5 Å². The highest BCUT2D eigenvalue weighted by Crippen LogP contribution is 2.34.